The molecule has 8 heteroatoms. The van der Waals surface area contributed by atoms with E-state index in [1.807, 2.05) is 0 Å². The van der Waals surface area contributed by atoms with Crippen LogP contribution in [-0.2, 0) is 0 Å². The lowest BCUT2D eigenvalue weighted by atomic mass is 10.1. The van der Waals surface area contributed by atoms with E-state index >= 15 is 0 Å². The molecule has 2 aromatic carbocycles. The van der Waals surface area contributed by atoms with Crippen LogP contribution in [0.1, 0.15) is 10.4 Å². The van der Waals surface area contributed by atoms with Crippen molar-refractivity contribution in [2.24, 2.45) is 0 Å². The van der Waals surface area contributed by atoms with E-state index in [-0.39, 0.29) is 17.2 Å². The van der Waals surface area contributed by atoms with Crippen LogP contribution < -0.4 is 5.32 Å². The van der Waals surface area contributed by atoms with Crippen molar-refractivity contribution in [1.29, 1.82) is 0 Å². The van der Waals surface area contributed by atoms with Gasteiger partial charge >= 0.3 is 0 Å². The number of ketones is 1. The van der Waals surface area contributed by atoms with E-state index < -0.39 is 9.85 Å². The Bertz CT molecular complexity index is 767. The zero-order valence-corrected chi connectivity index (χ0v) is 11.7. The summed E-state index contributed by atoms with van der Waals surface area (Å²) in [5, 5.41) is 23.9. The van der Waals surface area contributed by atoms with E-state index in [4.69, 9.17) is 0 Å². The van der Waals surface area contributed by atoms with E-state index in [9.17, 15) is 25.0 Å². The molecule has 0 amide bonds. The molecule has 23 heavy (non-hydrogen) atoms. The van der Waals surface area contributed by atoms with Crippen molar-refractivity contribution in [2.45, 2.75) is 0 Å². The van der Waals surface area contributed by atoms with Crippen molar-refractivity contribution < 1.29 is 14.6 Å². The Morgan fingerprint density at radius 2 is 1.35 bits per heavy atom. The standard InChI is InChI=1S/C15H11N3O5/c19-15(11-1-5-13(6-2-11)17(20)21)9-10-16-12-3-7-14(8-4-12)18(22)23/h1-10,16H/b10-9-. The van der Waals surface area contributed by atoms with Gasteiger partial charge in [-0.1, -0.05) is 0 Å². The second-order valence-electron chi connectivity index (χ2n) is 4.45. The summed E-state index contributed by atoms with van der Waals surface area (Å²) in [4.78, 5) is 31.9. The van der Waals surface area contributed by atoms with Crippen molar-refractivity contribution in [3.8, 4) is 0 Å². The number of non-ortho nitro benzene ring substituents is 2. The smallest absolute Gasteiger partial charge is 0.269 e. The highest BCUT2D eigenvalue weighted by Crippen LogP contribution is 2.16. The lowest BCUT2D eigenvalue weighted by Gasteiger charge is -2.00. The van der Waals surface area contributed by atoms with Crippen LogP contribution in [-0.4, -0.2) is 15.6 Å². The SMILES string of the molecule is O=C(/C=C\Nc1ccc([N+](=O)[O-])cc1)c1ccc([N+](=O)[O-])cc1. The molecular formula is C15H11N3O5. The predicted octanol–water partition coefficient (Wildman–Crippen LogP) is 3.31. The summed E-state index contributed by atoms with van der Waals surface area (Å²) < 4.78 is 0. The van der Waals surface area contributed by atoms with Gasteiger partial charge in [0.1, 0.15) is 0 Å². The Hall–Kier alpha value is -3.55. The number of carbonyl (C=O) groups is 1. The van der Waals surface area contributed by atoms with E-state index in [0.717, 1.165) is 0 Å². The van der Waals surface area contributed by atoms with Gasteiger partial charge in [-0.3, -0.25) is 25.0 Å². The van der Waals surface area contributed by atoms with E-state index in [1.165, 1.54) is 60.8 Å². The Balaban J connectivity index is 1.98. The van der Waals surface area contributed by atoms with Gasteiger partial charge in [-0.05, 0) is 24.3 Å². The van der Waals surface area contributed by atoms with Gasteiger partial charge in [0.15, 0.2) is 5.78 Å². The first-order valence-electron chi connectivity index (χ1n) is 6.44. The number of hydrogen-bond acceptors (Lipinski definition) is 6. The van der Waals surface area contributed by atoms with E-state index in [1.54, 1.807) is 0 Å². The summed E-state index contributed by atoms with van der Waals surface area (Å²) in [5.74, 6) is -0.325. The quantitative estimate of drug-likeness (QED) is 0.378. The van der Waals surface area contributed by atoms with Crippen molar-refractivity contribution >= 4 is 22.8 Å². The van der Waals surface area contributed by atoms with Gasteiger partial charge in [-0.25, -0.2) is 0 Å². The maximum absolute atomic E-state index is 11.9. The van der Waals surface area contributed by atoms with E-state index in [2.05, 4.69) is 5.32 Å². The second-order valence-corrected chi connectivity index (χ2v) is 4.45. The van der Waals surface area contributed by atoms with Crippen LogP contribution in [0.4, 0.5) is 17.1 Å². The summed E-state index contributed by atoms with van der Waals surface area (Å²) in [6, 6.07) is 11.0. The molecule has 0 saturated carbocycles. The maximum Gasteiger partial charge on any atom is 0.269 e. The molecule has 0 saturated heterocycles. The van der Waals surface area contributed by atoms with Crippen LogP contribution >= 0.6 is 0 Å². The van der Waals surface area contributed by atoms with Gasteiger partial charge in [-0.2, -0.15) is 0 Å². The number of carbonyl (C=O) groups excluding carboxylic acids is 1. The molecule has 0 aliphatic heterocycles. The van der Waals surface area contributed by atoms with Crippen LogP contribution in [0.25, 0.3) is 0 Å². The molecule has 0 unspecified atom stereocenters. The average Bonchev–Trinajstić information content (AvgIpc) is 2.55. The molecule has 0 aliphatic carbocycles. The molecular weight excluding hydrogens is 302 g/mol. The fraction of sp³-hybridized carbons (Fsp3) is 0. The molecule has 0 bridgehead atoms. The molecule has 2 rings (SSSR count). The Morgan fingerprint density at radius 1 is 0.870 bits per heavy atom. The zero-order chi connectivity index (χ0) is 16.8. The minimum Gasteiger partial charge on any atom is -0.362 e. The fourth-order valence-corrected chi connectivity index (χ4v) is 1.74. The monoisotopic (exact) mass is 313 g/mol. The highest BCUT2D eigenvalue weighted by molar-refractivity contribution is 6.04. The van der Waals surface area contributed by atoms with E-state index in [0.29, 0.717) is 11.3 Å². The summed E-state index contributed by atoms with van der Waals surface area (Å²) in [5.41, 5.74) is 0.789. The van der Waals surface area contributed by atoms with Gasteiger partial charge in [0, 0.05) is 47.8 Å². The third kappa shape index (κ3) is 4.21. The Kier molecular flexibility index (Phi) is 4.78. The molecule has 0 aromatic heterocycles. The summed E-state index contributed by atoms with van der Waals surface area (Å²) in [6.45, 7) is 0. The third-order valence-electron chi connectivity index (χ3n) is 2.93. The summed E-state index contributed by atoms with van der Waals surface area (Å²) in [7, 11) is 0. The van der Waals surface area contributed by atoms with Gasteiger partial charge in [0.25, 0.3) is 11.4 Å². The van der Waals surface area contributed by atoms with Crippen molar-refractivity contribution in [3.63, 3.8) is 0 Å². The number of benzene rings is 2. The van der Waals surface area contributed by atoms with Crippen LogP contribution in [0.5, 0.6) is 0 Å². The number of nitrogens with one attached hydrogen (secondary N) is 1. The molecule has 0 fully saturated rings. The fourth-order valence-electron chi connectivity index (χ4n) is 1.74. The lowest BCUT2D eigenvalue weighted by Crippen LogP contribution is -1.97. The highest BCUT2D eigenvalue weighted by Gasteiger charge is 2.07. The molecule has 0 spiro atoms. The molecule has 0 atom stereocenters. The first-order chi connectivity index (χ1) is 11.0. The molecule has 1 N–H and O–H groups in total. The van der Waals surface area contributed by atoms with Crippen LogP contribution in [0, 0.1) is 20.2 Å². The van der Waals surface area contributed by atoms with Crippen LogP contribution in [0.15, 0.2) is 60.8 Å². The maximum atomic E-state index is 11.9. The highest BCUT2D eigenvalue weighted by atomic mass is 16.6. The molecule has 2 aromatic rings. The minimum absolute atomic E-state index is 0.0264. The second kappa shape index (κ2) is 6.94. The van der Waals surface area contributed by atoms with Gasteiger partial charge in [0.05, 0.1) is 9.85 Å². The Morgan fingerprint density at radius 3 is 1.83 bits per heavy atom. The molecule has 0 aliphatic rings. The number of nitrogens with zero attached hydrogens (tertiary/aromatic N) is 2. The first-order valence-corrected chi connectivity index (χ1v) is 6.44. The zero-order valence-electron chi connectivity index (χ0n) is 11.7. The lowest BCUT2D eigenvalue weighted by molar-refractivity contribution is -0.385. The number of hydrogen-bond donors (Lipinski definition) is 1. The molecule has 8 nitrogen and oxygen atoms in total. The normalized spacial score (nSPS) is 10.4. The van der Waals surface area contributed by atoms with Gasteiger partial charge in [-0.15, -0.1) is 0 Å². The minimum atomic E-state index is -0.541. The topological polar surface area (TPSA) is 115 Å². The van der Waals surface area contributed by atoms with Crippen molar-refractivity contribution in [3.05, 3.63) is 86.6 Å². The van der Waals surface area contributed by atoms with Crippen LogP contribution in [0.2, 0.25) is 0 Å². The predicted molar refractivity (Wildman–Crippen MR) is 83.3 cm³/mol. The largest absolute Gasteiger partial charge is 0.362 e. The number of anilines is 1. The van der Waals surface area contributed by atoms with Gasteiger partial charge < -0.3 is 5.32 Å². The molecule has 0 radical (unpaired) electrons. The van der Waals surface area contributed by atoms with Gasteiger partial charge in [0.2, 0.25) is 0 Å². The first kappa shape index (κ1) is 15.8. The number of nitro groups is 2. The number of nitro benzene ring substituents is 2. The summed E-state index contributed by atoms with van der Waals surface area (Å²) in [6.07, 6.45) is 2.66. The summed E-state index contributed by atoms with van der Waals surface area (Å²) >= 11 is 0. The average molecular weight is 313 g/mol. The van der Waals surface area contributed by atoms with Crippen molar-refractivity contribution in [1.82, 2.24) is 0 Å². The molecule has 0 heterocycles. The Labute approximate surface area is 130 Å². The number of allylic oxidation sites excluding steroid dienone is 1. The third-order valence-corrected chi connectivity index (χ3v) is 2.93. The van der Waals surface area contributed by atoms with Crippen molar-refractivity contribution in [2.75, 3.05) is 5.32 Å². The molecule has 116 valence electrons. The number of rotatable bonds is 6. The van der Waals surface area contributed by atoms with Crippen LogP contribution in [0.3, 0.4) is 0 Å².